The number of nitrogens with zero attached hydrogens (tertiary/aromatic N) is 3. The number of ketones is 2. The van der Waals surface area contributed by atoms with Crippen LogP contribution in [0, 0.1) is 0 Å². The Morgan fingerprint density at radius 2 is 1.91 bits per heavy atom. The van der Waals surface area contributed by atoms with Crippen molar-refractivity contribution in [3.05, 3.63) is 70.9 Å². The van der Waals surface area contributed by atoms with Crippen molar-refractivity contribution in [2.24, 2.45) is 0 Å². The quantitative estimate of drug-likeness (QED) is 0.676. The maximum atomic E-state index is 13.3. The van der Waals surface area contributed by atoms with Gasteiger partial charge in [0.05, 0.1) is 37.6 Å². The zero-order valence-corrected chi connectivity index (χ0v) is 17.6. The number of fused-ring (bicyclic) bond motifs is 1. The minimum Gasteiger partial charge on any atom is -0.507 e. The minimum absolute atomic E-state index is 0.122. The summed E-state index contributed by atoms with van der Waals surface area (Å²) in [4.78, 5) is 26.5. The van der Waals surface area contributed by atoms with Gasteiger partial charge in [-0.25, -0.2) is 4.68 Å². The number of phenolic OH excluding ortho intramolecular Hbond substituents is 1. The average molecular weight is 431 g/mol. The Morgan fingerprint density at radius 1 is 1.12 bits per heavy atom. The van der Waals surface area contributed by atoms with Crippen molar-refractivity contribution in [3.8, 4) is 22.8 Å². The summed E-state index contributed by atoms with van der Waals surface area (Å²) >= 11 is 0. The summed E-state index contributed by atoms with van der Waals surface area (Å²) in [5.74, 6) is 0.126. The van der Waals surface area contributed by atoms with Gasteiger partial charge in [0.25, 0.3) is 0 Å². The molecule has 0 spiro atoms. The van der Waals surface area contributed by atoms with Gasteiger partial charge in [-0.1, -0.05) is 29.5 Å². The number of phenols is 1. The molecule has 2 aliphatic rings. The number of hydrogen-bond donors (Lipinski definition) is 1. The van der Waals surface area contributed by atoms with Gasteiger partial charge in [0.15, 0.2) is 11.6 Å². The standard InChI is InChI=1S/C24H21N3O5/c1-13-21-17(23(29)16-7-5-9-20(31-2)22(16)24(21)30)10-14(32-13)11-27-12-18(25-26-27)15-6-3-4-8-19(15)28/h3-9,12-14,28H,10-11H2,1-2H3/t13-,14-/m1/s1. The van der Waals surface area contributed by atoms with Crippen molar-refractivity contribution >= 4 is 11.6 Å². The summed E-state index contributed by atoms with van der Waals surface area (Å²) in [6.07, 6.45) is 1.12. The molecule has 0 fully saturated rings. The number of para-hydroxylation sites is 1. The highest BCUT2D eigenvalue weighted by atomic mass is 16.5. The van der Waals surface area contributed by atoms with E-state index in [9.17, 15) is 14.7 Å². The molecule has 8 heteroatoms. The molecule has 2 heterocycles. The number of methoxy groups -OCH3 is 1. The Kier molecular flexibility index (Phi) is 4.86. The van der Waals surface area contributed by atoms with Crippen molar-refractivity contribution in [1.29, 1.82) is 0 Å². The van der Waals surface area contributed by atoms with E-state index >= 15 is 0 Å². The number of benzene rings is 2. The van der Waals surface area contributed by atoms with Crippen molar-refractivity contribution in [2.45, 2.75) is 32.1 Å². The van der Waals surface area contributed by atoms with Crippen LogP contribution >= 0.6 is 0 Å². The second kappa shape index (κ2) is 7.72. The molecule has 1 aliphatic carbocycles. The Labute approximate surface area is 184 Å². The van der Waals surface area contributed by atoms with E-state index in [0.717, 1.165) is 0 Å². The maximum absolute atomic E-state index is 13.3. The number of aromatic hydroxyl groups is 1. The van der Waals surface area contributed by atoms with E-state index in [2.05, 4.69) is 10.3 Å². The highest BCUT2D eigenvalue weighted by molar-refractivity contribution is 6.28. The number of ether oxygens (including phenoxy) is 2. The van der Waals surface area contributed by atoms with Crippen molar-refractivity contribution in [1.82, 2.24) is 15.0 Å². The normalized spacial score (nSPS) is 20.2. The van der Waals surface area contributed by atoms with Crippen LogP contribution in [0.15, 0.2) is 59.8 Å². The van der Waals surface area contributed by atoms with Crippen molar-refractivity contribution < 1.29 is 24.2 Å². The molecular weight excluding hydrogens is 410 g/mol. The van der Waals surface area contributed by atoms with E-state index in [-0.39, 0.29) is 23.4 Å². The molecule has 1 N–H and O–H groups in total. The third-order valence-electron chi connectivity index (χ3n) is 5.91. The van der Waals surface area contributed by atoms with Gasteiger partial charge in [-0.05, 0) is 25.1 Å². The van der Waals surface area contributed by atoms with Crippen LogP contribution in [0.4, 0.5) is 0 Å². The molecular formula is C24H21N3O5. The van der Waals surface area contributed by atoms with E-state index < -0.39 is 6.10 Å². The third-order valence-corrected chi connectivity index (χ3v) is 5.91. The molecule has 0 radical (unpaired) electrons. The fourth-order valence-electron chi connectivity index (χ4n) is 4.46. The largest absolute Gasteiger partial charge is 0.507 e. The molecule has 3 aromatic rings. The van der Waals surface area contributed by atoms with E-state index in [4.69, 9.17) is 9.47 Å². The molecule has 1 aromatic heterocycles. The van der Waals surface area contributed by atoms with Crippen LogP contribution in [0.1, 0.15) is 34.1 Å². The van der Waals surface area contributed by atoms with Crippen LogP contribution in [0.25, 0.3) is 11.3 Å². The SMILES string of the molecule is COc1cccc2c1C(=O)C1=C(C[C@H](Cn3cc(-c4ccccc4O)nn3)O[C@@H]1C)C2=O. The second-order valence-corrected chi connectivity index (χ2v) is 7.88. The molecule has 0 unspecified atom stereocenters. The van der Waals surface area contributed by atoms with Gasteiger partial charge < -0.3 is 14.6 Å². The lowest BCUT2D eigenvalue weighted by Crippen LogP contribution is -2.39. The third kappa shape index (κ3) is 3.20. The molecule has 0 saturated heterocycles. The van der Waals surface area contributed by atoms with Gasteiger partial charge in [-0.2, -0.15) is 0 Å². The first-order valence-corrected chi connectivity index (χ1v) is 10.3. The first-order chi connectivity index (χ1) is 15.5. The van der Waals surface area contributed by atoms with E-state index in [1.165, 1.54) is 7.11 Å². The van der Waals surface area contributed by atoms with Gasteiger partial charge in [0.1, 0.15) is 17.2 Å². The minimum atomic E-state index is -0.542. The molecule has 5 rings (SSSR count). The second-order valence-electron chi connectivity index (χ2n) is 7.88. The Bertz CT molecular complexity index is 1280. The monoisotopic (exact) mass is 431 g/mol. The molecule has 162 valence electrons. The number of aromatic nitrogens is 3. The average Bonchev–Trinajstić information content (AvgIpc) is 3.25. The number of rotatable bonds is 4. The van der Waals surface area contributed by atoms with E-state index in [1.807, 2.05) is 6.07 Å². The van der Waals surface area contributed by atoms with Crippen LogP contribution in [0.3, 0.4) is 0 Å². The summed E-state index contributed by atoms with van der Waals surface area (Å²) < 4.78 is 13.0. The van der Waals surface area contributed by atoms with Crippen LogP contribution < -0.4 is 4.74 Å². The first kappa shape index (κ1) is 20.1. The van der Waals surface area contributed by atoms with Crippen LogP contribution in [0.2, 0.25) is 0 Å². The molecule has 1 aliphatic heterocycles. The van der Waals surface area contributed by atoms with Gasteiger partial charge in [0, 0.05) is 28.7 Å². The number of hydrogen-bond acceptors (Lipinski definition) is 7. The zero-order valence-electron chi connectivity index (χ0n) is 17.6. The van der Waals surface area contributed by atoms with E-state index in [1.54, 1.807) is 54.2 Å². The van der Waals surface area contributed by atoms with Crippen molar-refractivity contribution in [3.63, 3.8) is 0 Å². The molecule has 0 saturated carbocycles. The smallest absolute Gasteiger partial charge is 0.196 e. The predicted octanol–water partition coefficient (Wildman–Crippen LogP) is 3.21. The summed E-state index contributed by atoms with van der Waals surface area (Å²) in [5, 5.41) is 18.3. The van der Waals surface area contributed by atoms with Gasteiger partial charge in [-0.3, -0.25) is 9.59 Å². The van der Waals surface area contributed by atoms with Gasteiger partial charge in [0.2, 0.25) is 0 Å². The Hall–Kier alpha value is -3.78. The number of carbonyl (C=O) groups is 2. The van der Waals surface area contributed by atoms with Crippen LogP contribution in [-0.2, 0) is 11.3 Å². The molecule has 0 amide bonds. The fraction of sp³-hybridized carbons (Fsp3) is 0.250. The van der Waals surface area contributed by atoms with Crippen LogP contribution in [-0.4, -0.2) is 51.0 Å². The number of Topliss-reactive ketones (excluding diaryl/α,β-unsaturated/α-hetero) is 2. The topological polar surface area (TPSA) is 104 Å². The fourth-order valence-corrected chi connectivity index (χ4v) is 4.46. The van der Waals surface area contributed by atoms with Gasteiger partial charge in [-0.15, -0.1) is 5.10 Å². The first-order valence-electron chi connectivity index (χ1n) is 10.3. The van der Waals surface area contributed by atoms with Crippen LogP contribution in [0.5, 0.6) is 11.5 Å². The number of carbonyl (C=O) groups excluding carboxylic acids is 2. The Balaban J connectivity index is 1.42. The molecule has 0 bridgehead atoms. The summed E-state index contributed by atoms with van der Waals surface area (Å²) in [6, 6.07) is 12.0. The summed E-state index contributed by atoms with van der Waals surface area (Å²) in [6.45, 7) is 2.13. The lowest BCUT2D eigenvalue weighted by molar-refractivity contribution is -0.00652. The highest BCUT2D eigenvalue weighted by Crippen LogP contribution is 2.39. The summed E-state index contributed by atoms with van der Waals surface area (Å²) in [5.41, 5.74) is 2.68. The highest BCUT2D eigenvalue weighted by Gasteiger charge is 2.41. The molecule has 2 aromatic carbocycles. The lowest BCUT2D eigenvalue weighted by Gasteiger charge is -2.34. The van der Waals surface area contributed by atoms with Crippen molar-refractivity contribution in [2.75, 3.05) is 7.11 Å². The van der Waals surface area contributed by atoms with E-state index in [0.29, 0.717) is 52.2 Å². The molecule has 2 atom stereocenters. The van der Waals surface area contributed by atoms with Gasteiger partial charge >= 0.3 is 0 Å². The maximum Gasteiger partial charge on any atom is 0.196 e. The Morgan fingerprint density at radius 3 is 2.69 bits per heavy atom. The summed E-state index contributed by atoms with van der Waals surface area (Å²) in [7, 11) is 1.48. The lowest BCUT2D eigenvalue weighted by atomic mass is 9.78. The molecule has 32 heavy (non-hydrogen) atoms. The zero-order chi connectivity index (χ0) is 22.4. The molecule has 8 nitrogen and oxygen atoms in total. The predicted molar refractivity (Wildman–Crippen MR) is 115 cm³/mol.